The molecule has 1 aromatic heterocycles. The van der Waals surface area contributed by atoms with Crippen molar-refractivity contribution in [3.63, 3.8) is 0 Å². The summed E-state index contributed by atoms with van der Waals surface area (Å²) in [5.41, 5.74) is -1.03. The molecule has 0 unspecified atom stereocenters. The van der Waals surface area contributed by atoms with Gasteiger partial charge < -0.3 is 10.1 Å². The Labute approximate surface area is 188 Å². The zero-order valence-corrected chi connectivity index (χ0v) is 17.6. The number of benzene rings is 2. The van der Waals surface area contributed by atoms with E-state index in [2.05, 4.69) is 10.4 Å². The molecule has 12 heteroatoms. The van der Waals surface area contributed by atoms with Gasteiger partial charge in [-0.3, -0.25) is 4.79 Å². The molecule has 158 valence electrons. The van der Waals surface area contributed by atoms with Crippen LogP contribution in [0.1, 0.15) is 5.56 Å². The number of halogens is 7. The largest absolute Gasteiger partial charge is 0.482 e. The fourth-order valence-electron chi connectivity index (χ4n) is 2.42. The van der Waals surface area contributed by atoms with Gasteiger partial charge in [-0.2, -0.15) is 18.3 Å². The van der Waals surface area contributed by atoms with Crippen molar-refractivity contribution >= 4 is 58.1 Å². The number of hydrogen-bond acceptors (Lipinski definition) is 3. The number of alkyl halides is 3. The molecule has 0 aliphatic carbocycles. The third-order valence-electron chi connectivity index (χ3n) is 3.72. The van der Waals surface area contributed by atoms with E-state index in [0.29, 0.717) is 5.02 Å². The number of amides is 1. The molecule has 0 radical (unpaired) electrons. The van der Waals surface area contributed by atoms with Crippen molar-refractivity contribution in [3.8, 4) is 11.4 Å². The number of aromatic nitrogens is 2. The minimum absolute atomic E-state index is 0.0201. The molecule has 0 spiro atoms. The molecule has 1 heterocycles. The molecule has 0 aliphatic heterocycles. The van der Waals surface area contributed by atoms with Gasteiger partial charge in [-0.25, -0.2) is 4.68 Å². The summed E-state index contributed by atoms with van der Waals surface area (Å²) in [6, 6.07) is 7.37. The summed E-state index contributed by atoms with van der Waals surface area (Å²) >= 11 is 23.8. The Morgan fingerprint density at radius 2 is 1.70 bits per heavy atom. The smallest absolute Gasteiger partial charge is 0.416 e. The Kier molecular flexibility index (Phi) is 6.71. The lowest BCUT2D eigenvalue weighted by Crippen LogP contribution is -2.22. The highest BCUT2D eigenvalue weighted by Gasteiger charge is 2.32. The van der Waals surface area contributed by atoms with Crippen LogP contribution >= 0.6 is 46.4 Å². The number of anilines is 1. The van der Waals surface area contributed by atoms with Crippen LogP contribution in [0.3, 0.4) is 0 Å². The van der Waals surface area contributed by atoms with Gasteiger partial charge in [0.25, 0.3) is 5.91 Å². The zero-order chi connectivity index (χ0) is 22.1. The predicted octanol–water partition coefficient (Wildman–Crippen LogP) is 6.52. The first-order valence-electron chi connectivity index (χ1n) is 8.04. The van der Waals surface area contributed by atoms with Gasteiger partial charge in [0.05, 0.1) is 26.8 Å². The first-order valence-corrected chi connectivity index (χ1v) is 9.56. The van der Waals surface area contributed by atoms with Crippen LogP contribution in [0, 0.1) is 0 Å². The van der Waals surface area contributed by atoms with Crippen LogP contribution in [0.4, 0.5) is 19.0 Å². The van der Waals surface area contributed by atoms with Gasteiger partial charge in [0, 0.05) is 11.1 Å². The molecule has 30 heavy (non-hydrogen) atoms. The van der Waals surface area contributed by atoms with Crippen LogP contribution in [0.15, 0.2) is 42.6 Å². The van der Waals surface area contributed by atoms with E-state index in [1.165, 1.54) is 24.4 Å². The molecule has 2 aromatic carbocycles. The van der Waals surface area contributed by atoms with Crippen molar-refractivity contribution in [2.45, 2.75) is 6.18 Å². The summed E-state index contributed by atoms with van der Waals surface area (Å²) < 4.78 is 45.2. The fraction of sp³-hybridized carbons (Fsp3) is 0.111. The highest BCUT2D eigenvalue weighted by atomic mass is 35.5. The first kappa shape index (κ1) is 22.6. The Hall–Kier alpha value is -2.13. The van der Waals surface area contributed by atoms with Gasteiger partial charge in [0.2, 0.25) is 0 Å². The van der Waals surface area contributed by atoms with Crippen LogP contribution in [0.25, 0.3) is 5.69 Å². The number of carbonyl (C=O) groups excluding carboxylic acids is 1. The Morgan fingerprint density at radius 3 is 2.30 bits per heavy atom. The monoisotopic (exact) mass is 497 g/mol. The molecule has 1 amide bonds. The van der Waals surface area contributed by atoms with Crippen LogP contribution in [0.5, 0.6) is 5.75 Å². The number of nitrogens with zero attached hydrogens (tertiary/aromatic N) is 2. The molecule has 0 saturated carbocycles. The Balaban J connectivity index is 1.78. The molecule has 3 aromatic rings. The summed E-state index contributed by atoms with van der Waals surface area (Å²) in [6.07, 6.45) is -3.30. The van der Waals surface area contributed by atoms with Crippen LogP contribution < -0.4 is 10.1 Å². The van der Waals surface area contributed by atoms with Crippen LogP contribution in [0.2, 0.25) is 20.1 Å². The van der Waals surface area contributed by atoms with Crippen LogP contribution in [-0.2, 0) is 11.0 Å². The molecular weight excluding hydrogens is 489 g/mol. The SMILES string of the molecule is O=C(COc1ccc(Cl)cc1Cl)Nc1ccnn1-c1c(Cl)cc(C(F)(F)F)cc1Cl. The Bertz CT molecular complexity index is 1080. The maximum atomic E-state index is 12.9. The number of hydrogen-bond donors (Lipinski definition) is 1. The van der Waals surface area contributed by atoms with Crippen LogP contribution in [-0.4, -0.2) is 22.3 Å². The molecule has 0 fully saturated rings. The van der Waals surface area contributed by atoms with Gasteiger partial charge >= 0.3 is 6.18 Å². The van der Waals surface area contributed by atoms with E-state index in [4.69, 9.17) is 51.1 Å². The van der Waals surface area contributed by atoms with Crippen molar-refractivity contribution in [2.75, 3.05) is 11.9 Å². The summed E-state index contributed by atoms with van der Waals surface area (Å²) in [5, 5.41) is 6.53. The second-order valence-corrected chi connectivity index (χ2v) is 7.48. The molecule has 0 aliphatic rings. The van der Waals surface area contributed by atoms with E-state index in [-0.39, 0.29) is 32.3 Å². The number of nitrogens with one attached hydrogen (secondary N) is 1. The molecule has 0 bridgehead atoms. The number of ether oxygens (including phenoxy) is 1. The highest BCUT2D eigenvalue weighted by molar-refractivity contribution is 6.38. The zero-order valence-electron chi connectivity index (χ0n) is 14.6. The number of rotatable bonds is 5. The van der Waals surface area contributed by atoms with E-state index in [1.54, 1.807) is 6.07 Å². The molecule has 1 N–H and O–H groups in total. The molecule has 0 atom stereocenters. The topological polar surface area (TPSA) is 56.1 Å². The van der Waals surface area contributed by atoms with Gasteiger partial charge in [-0.1, -0.05) is 46.4 Å². The molecule has 5 nitrogen and oxygen atoms in total. The lowest BCUT2D eigenvalue weighted by Gasteiger charge is -2.15. The van der Waals surface area contributed by atoms with E-state index in [0.717, 1.165) is 16.8 Å². The van der Waals surface area contributed by atoms with Gasteiger partial charge in [-0.05, 0) is 30.3 Å². The minimum atomic E-state index is -4.62. The van der Waals surface area contributed by atoms with E-state index in [1.807, 2.05) is 0 Å². The molecule has 3 rings (SSSR count). The standard InChI is InChI=1S/C18H10Cl4F3N3O2/c19-10-1-2-14(11(20)7-10)30-8-16(29)27-15-3-4-26-28(15)17-12(21)5-9(6-13(17)22)18(23,24)25/h1-7H,8H2,(H,27,29). The minimum Gasteiger partial charge on any atom is -0.482 e. The number of carbonyl (C=O) groups is 1. The lowest BCUT2D eigenvalue weighted by molar-refractivity contribution is -0.137. The maximum absolute atomic E-state index is 12.9. The van der Waals surface area contributed by atoms with E-state index >= 15 is 0 Å². The average Bonchev–Trinajstić information content (AvgIpc) is 3.07. The summed E-state index contributed by atoms with van der Waals surface area (Å²) in [6.45, 7) is -0.402. The first-order chi connectivity index (χ1) is 14.1. The normalized spacial score (nSPS) is 11.4. The van der Waals surface area contributed by atoms with Crippen molar-refractivity contribution in [1.82, 2.24) is 9.78 Å². The third-order valence-corrected chi connectivity index (χ3v) is 4.83. The molecule has 0 saturated heterocycles. The maximum Gasteiger partial charge on any atom is 0.416 e. The summed E-state index contributed by atoms with van der Waals surface area (Å²) in [4.78, 5) is 12.2. The van der Waals surface area contributed by atoms with Gasteiger partial charge in [0.1, 0.15) is 17.3 Å². The summed E-state index contributed by atoms with van der Waals surface area (Å²) in [5.74, 6) is -0.213. The quantitative estimate of drug-likeness (QED) is 0.435. The Morgan fingerprint density at radius 1 is 1.03 bits per heavy atom. The molecular formula is C18H10Cl4F3N3O2. The predicted molar refractivity (Wildman–Crippen MR) is 109 cm³/mol. The summed E-state index contributed by atoms with van der Waals surface area (Å²) in [7, 11) is 0. The lowest BCUT2D eigenvalue weighted by atomic mass is 10.2. The second kappa shape index (κ2) is 8.93. The van der Waals surface area contributed by atoms with Crippen molar-refractivity contribution in [2.24, 2.45) is 0 Å². The second-order valence-electron chi connectivity index (χ2n) is 5.83. The van der Waals surface area contributed by atoms with Gasteiger partial charge in [0.15, 0.2) is 6.61 Å². The fourth-order valence-corrected chi connectivity index (χ4v) is 3.53. The highest BCUT2D eigenvalue weighted by Crippen LogP contribution is 2.38. The average molecular weight is 499 g/mol. The van der Waals surface area contributed by atoms with E-state index in [9.17, 15) is 18.0 Å². The third kappa shape index (κ3) is 5.13. The van der Waals surface area contributed by atoms with Crippen molar-refractivity contribution in [1.29, 1.82) is 0 Å². The van der Waals surface area contributed by atoms with Crippen molar-refractivity contribution in [3.05, 3.63) is 68.2 Å². The van der Waals surface area contributed by atoms with Crippen molar-refractivity contribution < 1.29 is 22.7 Å². The van der Waals surface area contributed by atoms with Gasteiger partial charge in [-0.15, -0.1) is 0 Å². The van der Waals surface area contributed by atoms with E-state index < -0.39 is 24.3 Å².